The molecular formula is C14H13NO5. The zero-order valence-electron chi connectivity index (χ0n) is 11.0. The first-order chi connectivity index (χ1) is 9.41. The maximum atomic E-state index is 11.7. The molecule has 1 aromatic rings. The van der Waals surface area contributed by atoms with Crippen LogP contribution in [0.4, 0.5) is 5.69 Å². The molecule has 1 N–H and O–H groups in total. The zero-order chi connectivity index (χ0) is 14.8. The van der Waals surface area contributed by atoms with Crippen LogP contribution in [0.25, 0.3) is 0 Å². The maximum Gasteiger partial charge on any atom is 0.350 e. The second-order valence-corrected chi connectivity index (χ2v) is 4.62. The highest BCUT2D eigenvalue weighted by Crippen LogP contribution is 2.22. The van der Waals surface area contributed by atoms with Gasteiger partial charge in [0.2, 0.25) is 0 Å². The van der Waals surface area contributed by atoms with Gasteiger partial charge in [-0.05, 0) is 24.3 Å². The number of carbonyl (C=O) groups excluding carboxylic acids is 3. The van der Waals surface area contributed by atoms with Gasteiger partial charge in [0, 0.05) is 31.3 Å². The largest absolute Gasteiger partial charge is 0.419 e. The number of ether oxygens (including phenoxy) is 2. The summed E-state index contributed by atoms with van der Waals surface area (Å²) in [5.74, 6) is -2.75. The SMILES string of the molecule is CC1(C)OC(=O)C(=CNc2ccc(C=O)cc2)C(=O)O1. The van der Waals surface area contributed by atoms with Crippen molar-refractivity contribution in [3.8, 4) is 0 Å². The van der Waals surface area contributed by atoms with Gasteiger partial charge in [0.15, 0.2) is 5.57 Å². The average Bonchev–Trinajstić information content (AvgIpc) is 2.37. The Kier molecular flexibility index (Phi) is 3.56. The Bertz CT molecular complexity index is 564. The predicted octanol–water partition coefficient (Wildman–Crippen LogP) is 1.63. The number of hydrogen-bond donors (Lipinski definition) is 1. The number of cyclic esters (lactones) is 2. The number of rotatable bonds is 3. The lowest BCUT2D eigenvalue weighted by molar-refractivity contribution is -0.222. The minimum Gasteiger partial charge on any atom is -0.419 e. The summed E-state index contributed by atoms with van der Waals surface area (Å²) >= 11 is 0. The van der Waals surface area contributed by atoms with Crippen molar-refractivity contribution in [2.24, 2.45) is 0 Å². The molecule has 1 heterocycles. The fourth-order valence-electron chi connectivity index (χ4n) is 1.59. The lowest BCUT2D eigenvalue weighted by atomic mass is 10.2. The molecule has 2 rings (SSSR count). The van der Waals surface area contributed by atoms with Crippen molar-refractivity contribution in [2.75, 3.05) is 5.32 Å². The van der Waals surface area contributed by atoms with Gasteiger partial charge in [-0.1, -0.05) is 0 Å². The highest BCUT2D eigenvalue weighted by molar-refractivity contribution is 6.15. The Morgan fingerprint density at radius 2 is 1.60 bits per heavy atom. The maximum absolute atomic E-state index is 11.7. The van der Waals surface area contributed by atoms with Crippen molar-refractivity contribution in [1.29, 1.82) is 0 Å². The highest BCUT2D eigenvalue weighted by Gasteiger charge is 2.38. The minimum absolute atomic E-state index is 0.219. The van der Waals surface area contributed by atoms with Crippen LogP contribution in [-0.4, -0.2) is 24.0 Å². The lowest BCUT2D eigenvalue weighted by Gasteiger charge is -2.29. The molecule has 6 heteroatoms. The quantitative estimate of drug-likeness (QED) is 0.391. The van der Waals surface area contributed by atoms with E-state index in [0.717, 1.165) is 6.29 Å². The summed E-state index contributed by atoms with van der Waals surface area (Å²) in [6.07, 6.45) is 1.94. The van der Waals surface area contributed by atoms with Crippen LogP contribution in [0.1, 0.15) is 24.2 Å². The molecule has 0 saturated carbocycles. The third kappa shape index (κ3) is 3.03. The Morgan fingerprint density at radius 1 is 1.05 bits per heavy atom. The van der Waals surface area contributed by atoms with Gasteiger partial charge in [0.25, 0.3) is 5.79 Å². The first kappa shape index (κ1) is 13.8. The van der Waals surface area contributed by atoms with Crippen molar-refractivity contribution in [3.05, 3.63) is 41.6 Å². The first-order valence-electron chi connectivity index (χ1n) is 5.90. The molecule has 1 saturated heterocycles. The van der Waals surface area contributed by atoms with Crippen LogP contribution in [0.2, 0.25) is 0 Å². The second kappa shape index (κ2) is 5.16. The topological polar surface area (TPSA) is 81.7 Å². The lowest BCUT2D eigenvalue weighted by Crippen LogP contribution is -2.42. The van der Waals surface area contributed by atoms with Crippen LogP contribution in [0.5, 0.6) is 0 Å². The molecule has 104 valence electrons. The molecule has 0 aliphatic carbocycles. The van der Waals surface area contributed by atoms with Gasteiger partial charge in [-0.3, -0.25) is 4.79 Å². The molecule has 0 aromatic heterocycles. The van der Waals surface area contributed by atoms with E-state index in [0.29, 0.717) is 11.3 Å². The number of carbonyl (C=O) groups is 3. The fourth-order valence-corrected chi connectivity index (χ4v) is 1.59. The first-order valence-corrected chi connectivity index (χ1v) is 5.90. The summed E-state index contributed by atoms with van der Waals surface area (Å²) < 4.78 is 9.89. The van der Waals surface area contributed by atoms with E-state index in [9.17, 15) is 14.4 Å². The number of benzene rings is 1. The van der Waals surface area contributed by atoms with Crippen LogP contribution < -0.4 is 5.32 Å². The zero-order valence-corrected chi connectivity index (χ0v) is 11.0. The molecule has 0 unspecified atom stereocenters. The predicted molar refractivity (Wildman–Crippen MR) is 69.8 cm³/mol. The van der Waals surface area contributed by atoms with E-state index in [-0.39, 0.29) is 5.57 Å². The van der Waals surface area contributed by atoms with Crippen molar-refractivity contribution in [2.45, 2.75) is 19.6 Å². The Balaban J connectivity index is 2.12. The number of aldehydes is 1. The molecule has 0 bridgehead atoms. The molecule has 0 spiro atoms. The minimum atomic E-state index is -1.25. The van der Waals surface area contributed by atoms with Crippen molar-refractivity contribution in [3.63, 3.8) is 0 Å². The number of anilines is 1. The van der Waals surface area contributed by atoms with Crippen molar-refractivity contribution < 1.29 is 23.9 Å². The van der Waals surface area contributed by atoms with Crippen LogP contribution >= 0.6 is 0 Å². The van der Waals surface area contributed by atoms with E-state index in [1.807, 2.05) is 0 Å². The van der Waals surface area contributed by atoms with Gasteiger partial charge in [-0.25, -0.2) is 9.59 Å². The Morgan fingerprint density at radius 3 is 2.10 bits per heavy atom. The second-order valence-electron chi connectivity index (χ2n) is 4.62. The van der Waals surface area contributed by atoms with Gasteiger partial charge in [-0.15, -0.1) is 0 Å². The molecule has 6 nitrogen and oxygen atoms in total. The number of nitrogens with one attached hydrogen (secondary N) is 1. The van der Waals surface area contributed by atoms with E-state index in [1.165, 1.54) is 20.0 Å². The monoisotopic (exact) mass is 275 g/mol. The standard InChI is InChI=1S/C14H13NO5/c1-14(2)19-12(17)11(13(18)20-14)7-15-10-5-3-9(8-16)4-6-10/h3-8,15H,1-2H3. The third-order valence-corrected chi connectivity index (χ3v) is 2.55. The molecule has 20 heavy (non-hydrogen) atoms. The van der Waals surface area contributed by atoms with Crippen LogP contribution in [-0.2, 0) is 19.1 Å². The van der Waals surface area contributed by atoms with Crippen molar-refractivity contribution >= 4 is 23.9 Å². The number of hydrogen-bond acceptors (Lipinski definition) is 6. The summed E-state index contributed by atoms with van der Waals surface area (Å²) in [4.78, 5) is 33.8. The van der Waals surface area contributed by atoms with Crippen LogP contribution in [0.15, 0.2) is 36.0 Å². The molecular weight excluding hydrogens is 262 g/mol. The smallest absolute Gasteiger partial charge is 0.350 e. The molecule has 0 atom stereocenters. The van der Waals surface area contributed by atoms with Gasteiger partial charge >= 0.3 is 11.9 Å². The molecule has 0 amide bonds. The summed E-state index contributed by atoms with van der Waals surface area (Å²) in [6, 6.07) is 6.50. The normalized spacial score (nSPS) is 17.0. The summed E-state index contributed by atoms with van der Waals surface area (Å²) in [5, 5.41) is 2.77. The van der Waals surface area contributed by atoms with E-state index >= 15 is 0 Å². The van der Waals surface area contributed by atoms with Gasteiger partial charge in [-0.2, -0.15) is 0 Å². The van der Waals surface area contributed by atoms with Gasteiger partial charge < -0.3 is 14.8 Å². The third-order valence-electron chi connectivity index (χ3n) is 2.55. The van der Waals surface area contributed by atoms with E-state index in [1.54, 1.807) is 24.3 Å². The van der Waals surface area contributed by atoms with Crippen molar-refractivity contribution in [1.82, 2.24) is 0 Å². The molecule has 1 aromatic carbocycles. The van der Waals surface area contributed by atoms with E-state index < -0.39 is 17.7 Å². The van der Waals surface area contributed by atoms with Gasteiger partial charge in [0.05, 0.1) is 0 Å². The summed E-state index contributed by atoms with van der Waals surface area (Å²) in [5.41, 5.74) is 0.929. The molecule has 1 aliphatic heterocycles. The Hall–Kier alpha value is -2.63. The number of esters is 2. The fraction of sp³-hybridized carbons (Fsp3) is 0.214. The van der Waals surface area contributed by atoms with Gasteiger partial charge in [0.1, 0.15) is 6.29 Å². The van der Waals surface area contributed by atoms with Crippen LogP contribution in [0.3, 0.4) is 0 Å². The van der Waals surface area contributed by atoms with E-state index in [4.69, 9.17) is 9.47 Å². The van der Waals surface area contributed by atoms with E-state index in [2.05, 4.69) is 5.32 Å². The molecule has 1 aliphatic rings. The summed E-state index contributed by atoms with van der Waals surface area (Å²) in [6.45, 7) is 2.95. The molecule has 1 fully saturated rings. The highest BCUT2D eigenvalue weighted by atomic mass is 16.7. The van der Waals surface area contributed by atoms with Crippen LogP contribution in [0, 0.1) is 0 Å². The average molecular weight is 275 g/mol. The molecule has 0 radical (unpaired) electrons. The Labute approximate surface area is 115 Å². The summed E-state index contributed by atoms with van der Waals surface area (Å²) in [7, 11) is 0.